The van der Waals surface area contributed by atoms with Crippen molar-refractivity contribution in [3.8, 4) is 0 Å². The van der Waals surface area contributed by atoms with E-state index in [0.29, 0.717) is 25.9 Å². The van der Waals surface area contributed by atoms with Crippen molar-refractivity contribution in [2.45, 2.75) is 276 Å². The molecule has 0 rings (SSSR count). The molecule has 2 atom stereocenters. The summed E-state index contributed by atoms with van der Waals surface area (Å²) >= 11 is 0. The third kappa shape index (κ3) is 43.7. The summed E-state index contributed by atoms with van der Waals surface area (Å²) in [6, 6.07) is -0.546. The second-order valence-electron chi connectivity index (χ2n) is 17.2. The van der Waals surface area contributed by atoms with Crippen LogP contribution in [0.3, 0.4) is 0 Å². The summed E-state index contributed by atoms with van der Waals surface area (Å²) in [5.74, 6) is -0.0609. The highest BCUT2D eigenvalue weighted by atomic mass is 16.5. The zero-order chi connectivity index (χ0) is 41.5. The normalized spacial score (nSPS) is 12.8. The maximum absolute atomic E-state index is 12.4. The summed E-state index contributed by atoms with van der Waals surface area (Å²) in [6.07, 6.45) is 54.4. The lowest BCUT2D eigenvalue weighted by Gasteiger charge is -2.22. The molecule has 0 aromatic heterocycles. The van der Waals surface area contributed by atoms with Gasteiger partial charge in [-0.1, -0.05) is 218 Å². The van der Waals surface area contributed by atoms with E-state index in [9.17, 15) is 19.8 Å². The van der Waals surface area contributed by atoms with Crippen molar-refractivity contribution in [3.63, 3.8) is 0 Å². The maximum atomic E-state index is 12.4. The second kappa shape index (κ2) is 47.0. The number of hydrogen-bond acceptors (Lipinski definition) is 5. The minimum absolute atomic E-state index is 0.0132. The Labute approximate surface area is 354 Å². The summed E-state index contributed by atoms with van der Waals surface area (Å²) in [7, 11) is 0. The van der Waals surface area contributed by atoms with Crippen LogP contribution in [0, 0.1) is 0 Å². The molecule has 0 aliphatic heterocycles. The Morgan fingerprint density at radius 3 is 1.30 bits per heavy atom. The molecule has 6 nitrogen and oxygen atoms in total. The number of amides is 1. The van der Waals surface area contributed by atoms with Crippen molar-refractivity contribution in [3.05, 3.63) is 24.3 Å². The fraction of sp³-hybridized carbons (Fsp3) is 0.882. The minimum Gasteiger partial charge on any atom is -0.466 e. The Balaban J connectivity index is 3.46. The van der Waals surface area contributed by atoms with Gasteiger partial charge in [-0.25, -0.2) is 0 Å². The van der Waals surface area contributed by atoms with E-state index in [1.165, 1.54) is 161 Å². The van der Waals surface area contributed by atoms with Gasteiger partial charge in [0.1, 0.15) is 0 Å². The first-order valence-corrected chi connectivity index (χ1v) is 25.1. The zero-order valence-electron chi connectivity index (χ0n) is 38.1. The Hall–Kier alpha value is -1.66. The van der Waals surface area contributed by atoms with Gasteiger partial charge in [-0.15, -0.1) is 0 Å². The average molecular weight is 804 g/mol. The Bertz CT molecular complexity index is 889. The minimum atomic E-state index is -0.668. The summed E-state index contributed by atoms with van der Waals surface area (Å²) in [5.41, 5.74) is 0. The van der Waals surface area contributed by atoms with Gasteiger partial charge >= 0.3 is 5.97 Å². The summed E-state index contributed by atoms with van der Waals surface area (Å²) < 4.78 is 5.43. The van der Waals surface area contributed by atoms with E-state index >= 15 is 0 Å². The number of esters is 1. The van der Waals surface area contributed by atoms with Gasteiger partial charge in [-0.2, -0.15) is 0 Å². The first kappa shape index (κ1) is 55.3. The SMILES string of the molecule is CCCCCCCCCCCCCCC(=O)OCCCCC/C=C\C=C/CCCCCCCCCCCCC(=O)NC(CO)C(O)CCCCCCCCCCC. The van der Waals surface area contributed by atoms with E-state index in [2.05, 4.69) is 43.5 Å². The Morgan fingerprint density at radius 1 is 0.491 bits per heavy atom. The second-order valence-corrected chi connectivity index (χ2v) is 17.2. The van der Waals surface area contributed by atoms with Crippen LogP contribution in [0.2, 0.25) is 0 Å². The number of carbonyl (C=O) groups excluding carboxylic acids is 2. The average Bonchev–Trinajstić information content (AvgIpc) is 3.21. The molecule has 0 radical (unpaired) electrons. The third-order valence-corrected chi connectivity index (χ3v) is 11.5. The third-order valence-electron chi connectivity index (χ3n) is 11.5. The number of hydrogen-bond donors (Lipinski definition) is 3. The molecule has 0 fully saturated rings. The van der Waals surface area contributed by atoms with Crippen LogP contribution in [0.25, 0.3) is 0 Å². The standard InChI is InChI=1S/C51H97NO5/c1-3-5-7-9-11-13-14-25-29-33-37-41-45-51(56)57-46-42-38-34-30-26-23-21-19-17-15-16-18-20-22-24-28-32-36-40-44-50(55)52-48(47-53)49(54)43-39-35-31-27-12-10-8-6-4-2/h19,21,23,26,48-49,53-54H,3-18,20,22,24-25,27-47H2,1-2H3,(H,52,55)/b21-19-,26-23-. The molecule has 0 aliphatic carbocycles. The largest absolute Gasteiger partial charge is 0.466 e. The smallest absolute Gasteiger partial charge is 0.305 e. The van der Waals surface area contributed by atoms with Crippen molar-refractivity contribution in [2.24, 2.45) is 0 Å². The molecule has 6 heteroatoms. The van der Waals surface area contributed by atoms with Crippen LogP contribution in [0.5, 0.6) is 0 Å². The lowest BCUT2D eigenvalue weighted by molar-refractivity contribution is -0.143. The number of unbranched alkanes of at least 4 members (excludes halogenated alkanes) is 32. The summed E-state index contributed by atoms with van der Waals surface area (Å²) in [5, 5.41) is 23.0. The zero-order valence-corrected chi connectivity index (χ0v) is 38.1. The van der Waals surface area contributed by atoms with Crippen molar-refractivity contribution in [2.75, 3.05) is 13.2 Å². The molecule has 0 heterocycles. The van der Waals surface area contributed by atoms with Crippen molar-refractivity contribution >= 4 is 11.9 Å². The van der Waals surface area contributed by atoms with Gasteiger partial charge in [-0.05, 0) is 57.8 Å². The van der Waals surface area contributed by atoms with Crippen LogP contribution in [0.1, 0.15) is 264 Å². The first-order valence-electron chi connectivity index (χ1n) is 25.1. The molecule has 0 aromatic rings. The van der Waals surface area contributed by atoms with Gasteiger partial charge in [0.2, 0.25) is 5.91 Å². The van der Waals surface area contributed by atoms with E-state index < -0.39 is 12.1 Å². The lowest BCUT2D eigenvalue weighted by atomic mass is 10.0. The molecule has 2 unspecified atom stereocenters. The van der Waals surface area contributed by atoms with Crippen LogP contribution >= 0.6 is 0 Å². The lowest BCUT2D eigenvalue weighted by Crippen LogP contribution is -2.45. The molecule has 0 saturated carbocycles. The molecular weight excluding hydrogens is 707 g/mol. The van der Waals surface area contributed by atoms with E-state index in [1.807, 2.05) is 0 Å². The Morgan fingerprint density at radius 2 is 0.860 bits per heavy atom. The highest BCUT2D eigenvalue weighted by Gasteiger charge is 2.20. The molecule has 0 saturated heterocycles. The van der Waals surface area contributed by atoms with Crippen molar-refractivity contribution in [1.82, 2.24) is 5.32 Å². The molecular formula is C51H97NO5. The van der Waals surface area contributed by atoms with Gasteiger partial charge in [0, 0.05) is 12.8 Å². The fourth-order valence-corrected chi connectivity index (χ4v) is 7.63. The number of allylic oxidation sites excluding steroid dienone is 4. The van der Waals surface area contributed by atoms with E-state index in [-0.39, 0.29) is 18.5 Å². The number of nitrogens with one attached hydrogen (secondary N) is 1. The summed E-state index contributed by atoms with van der Waals surface area (Å²) in [4.78, 5) is 24.3. The van der Waals surface area contributed by atoms with Crippen molar-refractivity contribution in [1.29, 1.82) is 0 Å². The summed E-state index contributed by atoms with van der Waals surface area (Å²) in [6.45, 7) is 4.88. The first-order chi connectivity index (χ1) is 28.0. The molecule has 1 amide bonds. The number of ether oxygens (including phenoxy) is 1. The molecule has 0 aromatic carbocycles. The predicted molar refractivity (Wildman–Crippen MR) is 246 cm³/mol. The molecule has 0 spiro atoms. The Kier molecular flexibility index (Phi) is 45.7. The van der Waals surface area contributed by atoms with Crippen LogP contribution in [0.4, 0.5) is 0 Å². The maximum Gasteiger partial charge on any atom is 0.305 e. The van der Waals surface area contributed by atoms with Crippen LogP contribution in [0.15, 0.2) is 24.3 Å². The monoisotopic (exact) mass is 804 g/mol. The number of rotatable bonds is 46. The van der Waals surface area contributed by atoms with Gasteiger partial charge in [0.15, 0.2) is 0 Å². The van der Waals surface area contributed by atoms with Gasteiger partial charge < -0.3 is 20.3 Å². The number of aliphatic hydroxyl groups is 2. The fourth-order valence-electron chi connectivity index (χ4n) is 7.63. The topological polar surface area (TPSA) is 95.9 Å². The van der Waals surface area contributed by atoms with Crippen LogP contribution in [-0.4, -0.2) is 47.4 Å². The van der Waals surface area contributed by atoms with Gasteiger partial charge in [-0.3, -0.25) is 9.59 Å². The number of aliphatic hydroxyl groups excluding tert-OH is 2. The highest BCUT2D eigenvalue weighted by Crippen LogP contribution is 2.16. The molecule has 57 heavy (non-hydrogen) atoms. The van der Waals surface area contributed by atoms with Gasteiger partial charge in [0.05, 0.1) is 25.4 Å². The molecule has 0 aliphatic rings. The van der Waals surface area contributed by atoms with Crippen molar-refractivity contribution < 1.29 is 24.5 Å². The van der Waals surface area contributed by atoms with Crippen LogP contribution in [-0.2, 0) is 14.3 Å². The van der Waals surface area contributed by atoms with Crippen LogP contribution < -0.4 is 5.32 Å². The van der Waals surface area contributed by atoms with Gasteiger partial charge in [0.25, 0.3) is 0 Å². The molecule has 3 N–H and O–H groups in total. The molecule has 0 bridgehead atoms. The van der Waals surface area contributed by atoms with E-state index in [1.54, 1.807) is 0 Å². The number of carbonyl (C=O) groups is 2. The molecule has 336 valence electrons. The highest BCUT2D eigenvalue weighted by molar-refractivity contribution is 5.76. The van der Waals surface area contributed by atoms with E-state index in [4.69, 9.17) is 4.74 Å². The quantitative estimate of drug-likeness (QED) is 0.0324. The predicted octanol–water partition coefficient (Wildman–Crippen LogP) is 14.7. The van der Waals surface area contributed by atoms with E-state index in [0.717, 1.165) is 70.6 Å².